The van der Waals surface area contributed by atoms with Gasteiger partial charge in [0.1, 0.15) is 0 Å². The Bertz CT molecular complexity index is 143. The Morgan fingerprint density at radius 3 is 1.67 bits per heavy atom. The molecular weight excluding hydrogens is 120 g/mol. The SMILES string of the molecule is [NH3+][O-].[O-][n+]1ccccc1. The van der Waals surface area contributed by atoms with Crippen LogP contribution in [0.2, 0.25) is 0 Å². The minimum Gasteiger partial charge on any atom is -0.637 e. The molecular formula is C5H8N2O2. The lowest BCUT2D eigenvalue weighted by Gasteiger charge is -1.88. The zero-order chi connectivity index (χ0) is 7.11. The summed E-state index contributed by atoms with van der Waals surface area (Å²) in [5, 5.41) is 18.2. The summed E-state index contributed by atoms with van der Waals surface area (Å²) >= 11 is 0. The number of quaternary nitrogens is 1. The Morgan fingerprint density at radius 1 is 1.00 bits per heavy atom. The molecule has 1 rings (SSSR count). The second kappa shape index (κ2) is 5.02. The second-order valence-corrected chi connectivity index (χ2v) is 1.24. The van der Waals surface area contributed by atoms with Crippen LogP contribution >= 0.6 is 0 Å². The molecule has 3 N–H and O–H groups in total. The van der Waals surface area contributed by atoms with E-state index in [1.165, 1.54) is 12.4 Å². The fraction of sp³-hybridized carbons (Fsp3) is 0. The third-order valence-electron chi connectivity index (χ3n) is 0.688. The molecule has 1 aromatic heterocycles. The van der Waals surface area contributed by atoms with Gasteiger partial charge in [0.2, 0.25) is 0 Å². The predicted molar refractivity (Wildman–Crippen MR) is 31.7 cm³/mol. The minimum absolute atomic E-state index is 0.750. The van der Waals surface area contributed by atoms with Crippen molar-refractivity contribution in [3.63, 3.8) is 0 Å². The molecule has 0 aliphatic rings. The van der Waals surface area contributed by atoms with Crippen molar-refractivity contribution in [1.29, 1.82) is 0 Å². The Hall–Kier alpha value is -1.13. The highest BCUT2D eigenvalue weighted by Crippen LogP contribution is 1.72. The van der Waals surface area contributed by atoms with E-state index in [0.29, 0.717) is 0 Å². The standard InChI is InChI=1S/C5H5NO.H3NO/c7-6-4-2-1-3-5-6;1-2/h1-5H;1H3. The molecule has 0 unspecified atom stereocenters. The monoisotopic (exact) mass is 128 g/mol. The first-order valence-electron chi connectivity index (χ1n) is 2.32. The van der Waals surface area contributed by atoms with Crippen molar-refractivity contribution >= 4 is 0 Å². The lowest BCUT2D eigenvalue weighted by molar-refractivity contribution is -0.605. The van der Waals surface area contributed by atoms with Gasteiger partial charge in [0.15, 0.2) is 12.4 Å². The highest BCUT2D eigenvalue weighted by molar-refractivity contribution is 4.83. The average molecular weight is 128 g/mol. The molecule has 0 radical (unpaired) electrons. The minimum atomic E-state index is 0.750. The van der Waals surface area contributed by atoms with E-state index in [1.807, 2.05) is 5.90 Å². The van der Waals surface area contributed by atoms with E-state index in [4.69, 9.17) is 5.21 Å². The van der Waals surface area contributed by atoms with Crippen molar-refractivity contribution < 1.29 is 10.6 Å². The molecule has 0 saturated heterocycles. The molecule has 0 fully saturated rings. The van der Waals surface area contributed by atoms with Gasteiger partial charge >= 0.3 is 0 Å². The topological polar surface area (TPSA) is 77.6 Å². The first kappa shape index (κ1) is 7.87. The Kier molecular flexibility index (Phi) is 4.39. The lowest BCUT2D eigenvalue weighted by Crippen LogP contribution is -2.37. The highest BCUT2D eigenvalue weighted by Gasteiger charge is 1.74. The molecule has 0 bridgehead atoms. The van der Waals surface area contributed by atoms with E-state index >= 15 is 0 Å². The molecule has 9 heavy (non-hydrogen) atoms. The van der Waals surface area contributed by atoms with Crippen LogP contribution in [0.1, 0.15) is 0 Å². The maximum atomic E-state index is 10.2. The third-order valence-corrected chi connectivity index (χ3v) is 0.688. The van der Waals surface area contributed by atoms with Crippen LogP contribution in [0.4, 0.5) is 0 Å². The van der Waals surface area contributed by atoms with E-state index < -0.39 is 0 Å². The van der Waals surface area contributed by atoms with Crippen molar-refractivity contribution in [2.75, 3.05) is 0 Å². The van der Waals surface area contributed by atoms with Gasteiger partial charge in [-0.1, -0.05) is 6.07 Å². The Morgan fingerprint density at radius 2 is 1.44 bits per heavy atom. The first-order valence-corrected chi connectivity index (χ1v) is 2.32. The van der Waals surface area contributed by atoms with E-state index in [-0.39, 0.29) is 0 Å². The molecule has 0 aromatic carbocycles. The van der Waals surface area contributed by atoms with Crippen LogP contribution in [-0.4, -0.2) is 0 Å². The van der Waals surface area contributed by atoms with Crippen molar-refractivity contribution in [1.82, 2.24) is 0 Å². The third kappa shape index (κ3) is 3.45. The van der Waals surface area contributed by atoms with Gasteiger partial charge in [0, 0.05) is 12.1 Å². The Labute approximate surface area is 52.7 Å². The summed E-state index contributed by atoms with van der Waals surface area (Å²) in [7, 11) is 0. The molecule has 0 saturated carbocycles. The maximum Gasteiger partial charge on any atom is 0.180 e. The van der Waals surface area contributed by atoms with Gasteiger partial charge in [-0.25, -0.2) is 0 Å². The van der Waals surface area contributed by atoms with Crippen LogP contribution in [0.15, 0.2) is 30.6 Å². The summed E-state index contributed by atoms with van der Waals surface area (Å²) < 4.78 is 0.750. The maximum absolute atomic E-state index is 10.2. The van der Waals surface area contributed by atoms with E-state index in [1.54, 1.807) is 18.2 Å². The summed E-state index contributed by atoms with van der Waals surface area (Å²) in [5.41, 5.74) is 0. The summed E-state index contributed by atoms with van der Waals surface area (Å²) in [6.45, 7) is 0. The molecule has 0 spiro atoms. The van der Waals surface area contributed by atoms with Crippen LogP contribution < -0.4 is 10.6 Å². The number of pyridine rings is 1. The van der Waals surface area contributed by atoms with Gasteiger partial charge in [-0.15, -0.1) is 0 Å². The predicted octanol–water partition coefficient (Wildman–Crippen LogP) is -0.954. The van der Waals surface area contributed by atoms with Crippen LogP contribution in [0.25, 0.3) is 0 Å². The molecule has 0 amide bonds. The number of hydrogen-bond acceptors (Lipinski definition) is 2. The van der Waals surface area contributed by atoms with Gasteiger partial charge in [-0.05, 0) is 0 Å². The van der Waals surface area contributed by atoms with Crippen LogP contribution in [0.5, 0.6) is 0 Å². The zero-order valence-corrected chi connectivity index (χ0v) is 4.86. The quantitative estimate of drug-likeness (QED) is 0.277. The van der Waals surface area contributed by atoms with Crippen LogP contribution in [0.3, 0.4) is 0 Å². The molecule has 0 aliphatic heterocycles. The number of hydrogen-bond donors (Lipinski definition) is 1. The highest BCUT2D eigenvalue weighted by atomic mass is 16.5. The Balaban J connectivity index is 0.000000291. The van der Waals surface area contributed by atoms with E-state index in [2.05, 4.69) is 0 Å². The summed E-state index contributed by atoms with van der Waals surface area (Å²) in [4.78, 5) is 0. The molecule has 1 aromatic rings. The van der Waals surface area contributed by atoms with Gasteiger partial charge in [-0.3, -0.25) is 0 Å². The fourth-order valence-electron chi connectivity index (χ4n) is 0.383. The zero-order valence-electron chi connectivity index (χ0n) is 4.86. The number of rotatable bonds is 0. The van der Waals surface area contributed by atoms with Crippen molar-refractivity contribution in [3.8, 4) is 0 Å². The summed E-state index contributed by atoms with van der Waals surface area (Å²) in [6.07, 6.45) is 2.89. The van der Waals surface area contributed by atoms with Crippen molar-refractivity contribution in [2.45, 2.75) is 0 Å². The normalized spacial score (nSPS) is 7.33. The van der Waals surface area contributed by atoms with Crippen molar-refractivity contribution in [2.24, 2.45) is 0 Å². The molecule has 0 aliphatic carbocycles. The molecule has 4 nitrogen and oxygen atoms in total. The van der Waals surface area contributed by atoms with Crippen LogP contribution in [-0.2, 0) is 0 Å². The van der Waals surface area contributed by atoms with Gasteiger partial charge in [0.05, 0.1) is 0 Å². The lowest BCUT2D eigenvalue weighted by atomic mass is 10.5. The average Bonchev–Trinajstić information content (AvgIpc) is 1.94. The second-order valence-electron chi connectivity index (χ2n) is 1.24. The smallest absolute Gasteiger partial charge is 0.180 e. The number of aromatic nitrogens is 1. The molecule has 1 heterocycles. The molecule has 50 valence electrons. The van der Waals surface area contributed by atoms with E-state index in [9.17, 15) is 5.21 Å². The van der Waals surface area contributed by atoms with E-state index in [0.717, 1.165) is 4.73 Å². The van der Waals surface area contributed by atoms with Gasteiger partial charge in [-0.2, -0.15) is 4.73 Å². The van der Waals surface area contributed by atoms with Gasteiger partial charge in [0.25, 0.3) is 0 Å². The van der Waals surface area contributed by atoms with Crippen molar-refractivity contribution in [3.05, 3.63) is 41.0 Å². The molecule has 4 heteroatoms. The fourth-order valence-corrected chi connectivity index (χ4v) is 0.383. The largest absolute Gasteiger partial charge is 0.637 e. The van der Waals surface area contributed by atoms with Gasteiger partial charge < -0.3 is 16.3 Å². The summed E-state index contributed by atoms with van der Waals surface area (Å²) in [6, 6.07) is 5.18. The molecule has 0 atom stereocenters. The van der Waals surface area contributed by atoms with Crippen LogP contribution in [0, 0.1) is 10.4 Å². The summed E-state index contributed by atoms with van der Waals surface area (Å²) in [5.74, 6) is 2.00. The first-order chi connectivity index (χ1) is 4.39. The number of nitrogens with zero attached hydrogens (tertiary/aromatic N) is 1.